The molecular formula is C14H29N3O. The molecule has 4 heteroatoms. The number of hydrogen-bond donors (Lipinski definition) is 2. The normalized spacial score (nSPS) is 16.6. The Morgan fingerprint density at radius 3 is 2.56 bits per heavy atom. The van der Waals surface area contributed by atoms with E-state index in [4.69, 9.17) is 0 Å². The molecule has 0 atom stereocenters. The molecule has 2 N–H and O–H groups in total. The quantitative estimate of drug-likeness (QED) is 0.577. The van der Waals surface area contributed by atoms with Crippen molar-refractivity contribution in [1.82, 2.24) is 15.5 Å². The highest BCUT2D eigenvalue weighted by molar-refractivity contribution is 5.79. The second-order valence-corrected chi connectivity index (χ2v) is 5.16. The lowest BCUT2D eigenvalue weighted by atomic mass is 9.99. The Kier molecular flexibility index (Phi) is 8.01. The largest absolute Gasteiger partial charge is 0.356 e. The van der Waals surface area contributed by atoms with Gasteiger partial charge in [-0.3, -0.25) is 4.79 Å². The van der Waals surface area contributed by atoms with E-state index in [9.17, 15) is 4.79 Å². The summed E-state index contributed by atoms with van der Waals surface area (Å²) < 4.78 is 0. The first-order valence-electron chi connectivity index (χ1n) is 7.48. The third kappa shape index (κ3) is 5.83. The third-order valence-corrected chi connectivity index (χ3v) is 3.45. The van der Waals surface area contributed by atoms with E-state index in [0.717, 1.165) is 45.7 Å². The molecule has 4 nitrogen and oxygen atoms in total. The topological polar surface area (TPSA) is 44.4 Å². The molecule has 1 rings (SSSR count). The number of hydrogen-bond acceptors (Lipinski definition) is 3. The van der Waals surface area contributed by atoms with E-state index in [0.29, 0.717) is 0 Å². The molecule has 0 saturated carbocycles. The first-order valence-corrected chi connectivity index (χ1v) is 7.48. The second kappa shape index (κ2) is 9.34. The summed E-state index contributed by atoms with van der Waals surface area (Å²) in [4.78, 5) is 14.1. The van der Waals surface area contributed by atoms with Gasteiger partial charge >= 0.3 is 0 Å². The summed E-state index contributed by atoms with van der Waals surface area (Å²) in [6, 6.07) is 0. The molecule has 0 unspecified atom stereocenters. The molecule has 1 saturated heterocycles. The summed E-state index contributed by atoms with van der Waals surface area (Å²) in [5.41, 5.74) is 0. The van der Waals surface area contributed by atoms with E-state index in [-0.39, 0.29) is 11.8 Å². The van der Waals surface area contributed by atoms with Crippen molar-refractivity contribution in [2.75, 3.05) is 39.3 Å². The molecule has 0 aromatic rings. The van der Waals surface area contributed by atoms with Gasteiger partial charge in [0, 0.05) is 19.6 Å². The summed E-state index contributed by atoms with van der Waals surface area (Å²) in [7, 11) is 0. The van der Waals surface area contributed by atoms with Crippen LogP contribution in [0.25, 0.3) is 0 Å². The van der Waals surface area contributed by atoms with Crippen molar-refractivity contribution in [3.8, 4) is 0 Å². The Hall–Kier alpha value is -0.610. The Balaban J connectivity index is 1.89. The molecular weight excluding hydrogens is 226 g/mol. The Morgan fingerprint density at radius 1 is 1.17 bits per heavy atom. The van der Waals surface area contributed by atoms with Crippen molar-refractivity contribution in [3.05, 3.63) is 0 Å². The van der Waals surface area contributed by atoms with Crippen molar-refractivity contribution in [1.29, 1.82) is 0 Å². The molecule has 0 bridgehead atoms. The van der Waals surface area contributed by atoms with Crippen molar-refractivity contribution < 1.29 is 4.79 Å². The number of nitrogens with zero attached hydrogens (tertiary/aromatic N) is 1. The maximum atomic E-state index is 11.8. The maximum Gasteiger partial charge on any atom is 0.225 e. The predicted octanol–water partition coefficient (Wildman–Crippen LogP) is 1.22. The van der Waals surface area contributed by atoms with Crippen molar-refractivity contribution in [2.45, 2.75) is 39.5 Å². The first kappa shape index (κ1) is 15.4. The summed E-state index contributed by atoms with van der Waals surface area (Å²) >= 11 is 0. The van der Waals surface area contributed by atoms with Crippen LogP contribution in [0.1, 0.15) is 39.5 Å². The van der Waals surface area contributed by atoms with Crippen LogP contribution in [0.4, 0.5) is 0 Å². The molecule has 0 aliphatic carbocycles. The maximum absolute atomic E-state index is 11.8. The highest BCUT2D eigenvalue weighted by Gasteiger charge is 2.31. The zero-order chi connectivity index (χ0) is 13.2. The lowest BCUT2D eigenvalue weighted by Crippen LogP contribution is -2.53. The molecule has 0 aromatic heterocycles. The molecule has 1 aliphatic heterocycles. The second-order valence-electron chi connectivity index (χ2n) is 5.16. The Bertz CT molecular complexity index is 227. The fourth-order valence-electron chi connectivity index (χ4n) is 2.32. The minimum Gasteiger partial charge on any atom is -0.356 e. The molecule has 1 fully saturated rings. The minimum absolute atomic E-state index is 0.248. The van der Waals surface area contributed by atoms with Crippen LogP contribution in [0.3, 0.4) is 0 Å². The fourth-order valence-corrected chi connectivity index (χ4v) is 2.32. The SMILES string of the molecule is CCCN1CC(C(=O)NCCCCCNCC)C1. The summed E-state index contributed by atoms with van der Waals surface area (Å²) in [5, 5.41) is 6.36. The smallest absolute Gasteiger partial charge is 0.225 e. The molecule has 1 heterocycles. The zero-order valence-electron chi connectivity index (χ0n) is 12.0. The van der Waals surface area contributed by atoms with Crippen LogP contribution in [-0.2, 0) is 4.79 Å². The molecule has 1 aliphatic rings. The van der Waals surface area contributed by atoms with E-state index in [1.807, 2.05) is 0 Å². The lowest BCUT2D eigenvalue weighted by Gasteiger charge is -2.38. The van der Waals surface area contributed by atoms with Crippen LogP contribution >= 0.6 is 0 Å². The van der Waals surface area contributed by atoms with Gasteiger partial charge in [-0.05, 0) is 38.9 Å². The van der Waals surface area contributed by atoms with Gasteiger partial charge in [-0.1, -0.05) is 20.3 Å². The van der Waals surface area contributed by atoms with E-state index >= 15 is 0 Å². The monoisotopic (exact) mass is 255 g/mol. The highest BCUT2D eigenvalue weighted by Crippen LogP contribution is 2.15. The van der Waals surface area contributed by atoms with E-state index in [1.165, 1.54) is 19.3 Å². The number of carbonyl (C=O) groups excluding carboxylic acids is 1. The van der Waals surface area contributed by atoms with Crippen LogP contribution in [0.5, 0.6) is 0 Å². The lowest BCUT2D eigenvalue weighted by molar-refractivity contribution is -0.130. The average Bonchev–Trinajstić information content (AvgIpc) is 2.32. The standard InChI is InChI=1S/C14H29N3O/c1-3-10-17-11-13(12-17)14(18)16-9-7-5-6-8-15-4-2/h13,15H,3-12H2,1-2H3,(H,16,18). The van der Waals surface area contributed by atoms with Gasteiger partial charge in [-0.25, -0.2) is 0 Å². The Morgan fingerprint density at radius 2 is 1.89 bits per heavy atom. The van der Waals surface area contributed by atoms with Crippen molar-refractivity contribution in [2.24, 2.45) is 5.92 Å². The van der Waals surface area contributed by atoms with Crippen molar-refractivity contribution >= 4 is 5.91 Å². The number of rotatable bonds is 10. The van der Waals surface area contributed by atoms with Gasteiger partial charge in [-0.15, -0.1) is 0 Å². The molecule has 1 amide bonds. The molecule has 0 radical (unpaired) electrons. The van der Waals surface area contributed by atoms with Gasteiger partial charge in [0.2, 0.25) is 5.91 Å². The third-order valence-electron chi connectivity index (χ3n) is 3.45. The van der Waals surface area contributed by atoms with E-state index in [2.05, 4.69) is 29.4 Å². The summed E-state index contributed by atoms with van der Waals surface area (Å²) in [6.45, 7) is 10.3. The van der Waals surface area contributed by atoms with Gasteiger partial charge in [0.1, 0.15) is 0 Å². The minimum atomic E-state index is 0.248. The van der Waals surface area contributed by atoms with Crippen LogP contribution in [0, 0.1) is 5.92 Å². The highest BCUT2D eigenvalue weighted by atomic mass is 16.2. The fraction of sp³-hybridized carbons (Fsp3) is 0.929. The number of nitrogens with one attached hydrogen (secondary N) is 2. The van der Waals surface area contributed by atoms with Gasteiger partial charge in [0.25, 0.3) is 0 Å². The zero-order valence-corrected chi connectivity index (χ0v) is 12.0. The van der Waals surface area contributed by atoms with Crippen LogP contribution in [0.2, 0.25) is 0 Å². The molecule has 0 aromatic carbocycles. The summed E-state index contributed by atoms with van der Waals surface area (Å²) in [5.74, 6) is 0.507. The van der Waals surface area contributed by atoms with Gasteiger partial charge < -0.3 is 15.5 Å². The first-order chi connectivity index (χ1) is 8.77. The van der Waals surface area contributed by atoms with Crippen LogP contribution < -0.4 is 10.6 Å². The number of likely N-dealkylation sites (tertiary alicyclic amines) is 1. The average molecular weight is 255 g/mol. The number of amides is 1. The Labute approximate surface area is 111 Å². The van der Waals surface area contributed by atoms with Crippen LogP contribution in [0.15, 0.2) is 0 Å². The summed E-state index contributed by atoms with van der Waals surface area (Å²) in [6.07, 6.45) is 4.68. The van der Waals surface area contributed by atoms with E-state index < -0.39 is 0 Å². The van der Waals surface area contributed by atoms with Gasteiger partial charge in [-0.2, -0.15) is 0 Å². The predicted molar refractivity (Wildman–Crippen MR) is 75.6 cm³/mol. The van der Waals surface area contributed by atoms with Crippen molar-refractivity contribution in [3.63, 3.8) is 0 Å². The van der Waals surface area contributed by atoms with E-state index in [1.54, 1.807) is 0 Å². The molecule has 0 spiro atoms. The molecule has 106 valence electrons. The van der Waals surface area contributed by atoms with Crippen LogP contribution in [-0.4, -0.2) is 50.1 Å². The van der Waals surface area contributed by atoms with Gasteiger partial charge in [0.15, 0.2) is 0 Å². The number of unbranched alkanes of at least 4 members (excludes halogenated alkanes) is 2. The molecule has 18 heavy (non-hydrogen) atoms. The van der Waals surface area contributed by atoms with Gasteiger partial charge in [0.05, 0.1) is 5.92 Å². The number of carbonyl (C=O) groups is 1.